The molecule has 1 unspecified atom stereocenters. The van der Waals surface area contributed by atoms with Crippen molar-refractivity contribution in [2.75, 3.05) is 24.0 Å². The molecule has 0 radical (unpaired) electrons. The lowest BCUT2D eigenvalue weighted by Crippen LogP contribution is -2.24. The summed E-state index contributed by atoms with van der Waals surface area (Å²) in [4.78, 5) is 4.71. The van der Waals surface area contributed by atoms with Crippen molar-refractivity contribution in [1.29, 1.82) is 0 Å². The minimum absolute atomic E-state index is 0.0816. The van der Waals surface area contributed by atoms with E-state index in [4.69, 9.17) is 9.47 Å². The zero-order valence-corrected chi connectivity index (χ0v) is 35.0. The smallest absolute Gasteiger partial charge is 0.119 e. The lowest BCUT2D eigenvalue weighted by Gasteiger charge is -2.31. The second-order valence-electron chi connectivity index (χ2n) is 16.6. The zero-order chi connectivity index (χ0) is 41.3. The van der Waals surface area contributed by atoms with Gasteiger partial charge in [0.15, 0.2) is 0 Å². The van der Waals surface area contributed by atoms with Crippen LogP contribution in [0.2, 0.25) is 0 Å². The van der Waals surface area contributed by atoms with E-state index in [-0.39, 0.29) is 10.8 Å². The highest BCUT2D eigenvalue weighted by atomic mass is 16.5. The number of hydrogen-bond acceptors (Lipinski definition) is 4. The Balaban J connectivity index is 1.11. The molecule has 9 rings (SSSR count). The minimum Gasteiger partial charge on any atom is -0.497 e. The Kier molecular flexibility index (Phi) is 10.2. The van der Waals surface area contributed by atoms with Gasteiger partial charge in [0.25, 0.3) is 0 Å². The molecular weight excluding hydrogens is 733 g/mol. The average Bonchev–Trinajstić information content (AvgIpc) is 3.52. The quantitative estimate of drug-likeness (QED) is 0.130. The van der Waals surface area contributed by atoms with Crippen LogP contribution < -0.4 is 19.3 Å². The summed E-state index contributed by atoms with van der Waals surface area (Å²) >= 11 is 0. The molecule has 1 atom stereocenters. The summed E-state index contributed by atoms with van der Waals surface area (Å²) < 4.78 is 11.1. The van der Waals surface area contributed by atoms with Crippen molar-refractivity contribution in [3.63, 3.8) is 0 Å². The topological polar surface area (TPSA) is 24.9 Å². The normalized spacial score (nSPS) is 15.2. The number of rotatable bonds is 11. The number of ether oxygens (including phenoxy) is 2. The van der Waals surface area contributed by atoms with Crippen molar-refractivity contribution >= 4 is 34.1 Å². The Hall–Kier alpha value is -7.04. The van der Waals surface area contributed by atoms with Crippen LogP contribution in [0.25, 0.3) is 22.3 Å². The highest BCUT2D eigenvalue weighted by Crippen LogP contribution is 2.55. The molecule has 296 valence electrons. The van der Waals surface area contributed by atoms with Crippen molar-refractivity contribution in [3.8, 4) is 33.8 Å². The maximum absolute atomic E-state index is 5.56. The first-order chi connectivity index (χ1) is 29.2. The zero-order valence-electron chi connectivity index (χ0n) is 35.0. The van der Waals surface area contributed by atoms with Crippen LogP contribution in [0.15, 0.2) is 200 Å². The predicted molar refractivity (Wildman–Crippen MR) is 250 cm³/mol. The number of hydrogen-bond donors (Lipinski definition) is 0. The molecule has 0 amide bonds. The second kappa shape index (κ2) is 16.0. The Morgan fingerprint density at radius 1 is 0.367 bits per heavy atom. The first kappa shape index (κ1) is 38.5. The Morgan fingerprint density at radius 3 is 1.22 bits per heavy atom. The molecule has 0 saturated heterocycles. The fraction of sp³-hybridized carbons (Fsp3) is 0.143. The summed E-state index contributed by atoms with van der Waals surface area (Å²) in [6.07, 6.45) is 0.977. The van der Waals surface area contributed by atoms with Crippen molar-refractivity contribution in [1.82, 2.24) is 0 Å². The molecule has 0 aromatic heterocycles. The Bertz CT molecular complexity index is 2710. The van der Waals surface area contributed by atoms with Gasteiger partial charge in [0.1, 0.15) is 11.5 Å². The van der Waals surface area contributed by atoms with Gasteiger partial charge in [-0.15, -0.1) is 0 Å². The van der Waals surface area contributed by atoms with Gasteiger partial charge < -0.3 is 19.3 Å². The van der Waals surface area contributed by atoms with Crippen LogP contribution in [0, 0.1) is 0 Å². The van der Waals surface area contributed by atoms with Crippen LogP contribution in [0.4, 0.5) is 34.1 Å². The highest BCUT2D eigenvalue weighted by Gasteiger charge is 2.46. The molecule has 8 aromatic rings. The number of nitrogens with zero attached hydrogens (tertiary/aromatic N) is 2. The third-order valence-electron chi connectivity index (χ3n) is 12.2. The summed E-state index contributed by atoms with van der Waals surface area (Å²) in [6.45, 7) is 7.22. The molecule has 4 heteroatoms. The van der Waals surface area contributed by atoms with Crippen molar-refractivity contribution in [2.45, 2.75) is 38.0 Å². The molecule has 0 fully saturated rings. The molecular formula is C56H50N2O2. The van der Waals surface area contributed by atoms with E-state index >= 15 is 0 Å². The van der Waals surface area contributed by atoms with Crippen LogP contribution in [0.5, 0.6) is 11.5 Å². The summed E-state index contributed by atoms with van der Waals surface area (Å²) in [5, 5.41) is 0. The SMILES string of the molecule is COc1ccc(N(c2ccc(-c3ccccc3)cc2)c2cccc(C3(C)CC(C)(C)c4cc(N(c5ccc(OC)cc5)c5ccc(-c6ccccc6)cc5)ccc43)c2)cc1. The lowest BCUT2D eigenvalue weighted by molar-refractivity contribution is 0.414. The lowest BCUT2D eigenvalue weighted by atomic mass is 9.75. The molecule has 4 nitrogen and oxygen atoms in total. The van der Waals surface area contributed by atoms with E-state index in [2.05, 4.69) is 206 Å². The molecule has 0 heterocycles. The van der Waals surface area contributed by atoms with E-state index in [1.807, 2.05) is 24.3 Å². The van der Waals surface area contributed by atoms with Gasteiger partial charge in [0, 0.05) is 39.5 Å². The molecule has 0 bridgehead atoms. The number of fused-ring (bicyclic) bond motifs is 1. The van der Waals surface area contributed by atoms with Crippen LogP contribution in [0.3, 0.4) is 0 Å². The maximum Gasteiger partial charge on any atom is 0.119 e. The van der Waals surface area contributed by atoms with Gasteiger partial charge in [-0.2, -0.15) is 0 Å². The van der Waals surface area contributed by atoms with Gasteiger partial charge in [-0.1, -0.05) is 124 Å². The maximum atomic E-state index is 5.56. The molecule has 60 heavy (non-hydrogen) atoms. The second-order valence-corrected chi connectivity index (χ2v) is 16.6. The van der Waals surface area contributed by atoms with E-state index in [1.165, 1.54) is 38.9 Å². The van der Waals surface area contributed by atoms with E-state index in [9.17, 15) is 0 Å². The van der Waals surface area contributed by atoms with Crippen LogP contribution in [0.1, 0.15) is 43.9 Å². The third-order valence-corrected chi connectivity index (χ3v) is 12.2. The molecule has 8 aromatic carbocycles. The Labute approximate surface area is 354 Å². The average molecular weight is 783 g/mol. The fourth-order valence-corrected chi connectivity index (χ4v) is 9.26. The van der Waals surface area contributed by atoms with E-state index in [0.717, 1.165) is 52.0 Å². The van der Waals surface area contributed by atoms with Crippen molar-refractivity contribution in [2.24, 2.45) is 0 Å². The molecule has 1 aliphatic carbocycles. The standard InChI is InChI=1S/C56H50N2O2/c1-55(2)39-56(3,44-17-12-18-49(37-44)57(47-27-32-51(59-4)33-28-47)45-23-19-42(20-24-45)40-13-8-6-9-14-40)53-36-31-50(38-54(53)55)58(48-29-34-52(60-5)35-30-48)46-25-21-43(22-26-46)41-15-10-7-11-16-41/h6-38H,39H2,1-5H3. The van der Waals surface area contributed by atoms with Gasteiger partial charge in [-0.3, -0.25) is 0 Å². The number of benzene rings is 8. The molecule has 0 N–H and O–H groups in total. The van der Waals surface area contributed by atoms with Gasteiger partial charge in [0.2, 0.25) is 0 Å². The largest absolute Gasteiger partial charge is 0.497 e. The van der Waals surface area contributed by atoms with Gasteiger partial charge in [-0.05, 0) is 148 Å². The molecule has 1 aliphatic rings. The number of methoxy groups -OCH3 is 2. The first-order valence-corrected chi connectivity index (χ1v) is 20.7. The number of anilines is 6. The van der Waals surface area contributed by atoms with Crippen LogP contribution in [-0.2, 0) is 10.8 Å². The first-order valence-electron chi connectivity index (χ1n) is 20.7. The van der Waals surface area contributed by atoms with Crippen LogP contribution >= 0.6 is 0 Å². The van der Waals surface area contributed by atoms with Gasteiger partial charge in [0.05, 0.1) is 14.2 Å². The van der Waals surface area contributed by atoms with Crippen LogP contribution in [-0.4, -0.2) is 14.2 Å². The summed E-state index contributed by atoms with van der Waals surface area (Å²) in [6, 6.07) is 71.8. The summed E-state index contributed by atoms with van der Waals surface area (Å²) in [5.74, 6) is 1.67. The summed E-state index contributed by atoms with van der Waals surface area (Å²) in [7, 11) is 3.42. The van der Waals surface area contributed by atoms with Gasteiger partial charge in [-0.25, -0.2) is 0 Å². The van der Waals surface area contributed by atoms with Crippen molar-refractivity contribution in [3.05, 3.63) is 217 Å². The monoisotopic (exact) mass is 782 g/mol. The summed E-state index contributed by atoms with van der Waals surface area (Å²) in [5.41, 5.74) is 15.1. The highest BCUT2D eigenvalue weighted by molar-refractivity contribution is 5.81. The minimum atomic E-state index is -0.224. The fourth-order valence-electron chi connectivity index (χ4n) is 9.26. The van der Waals surface area contributed by atoms with E-state index < -0.39 is 0 Å². The molecule has 0 aliphatic heterocycles. The molecule has 0 spiro atoms. The Morgan fingerprint density at radius 2 is 0.767 bits per heavy atom. The van der Waals surface area contributed by atoms with E-state index in [0.29, 0.717) is 0 Å². The molecule has 0 saturated carbocycles. The van der Waals surface area contributed by atoms with Crippen molar-refractivity contribution < 1.29 is 9.47 Å². The van der Waals surface area contributed by atoms with E-state index in [1.54, 1.807) is 14.2 Å². The van der Waals surface area contributed by atoms with Gasteiger partial charge >= 0.3 is 0 Å². The predicted octanol–water partition coefficient (Wildman–Crippen LogP) is 15.0. The third kappa shape index (κ3) is 7.30.